The third-order valence-electron chi connectivity index (χ3n) is 2.97. The van der Waals surface area contributed by atoms with Gasteiger partial charge in [0.2, 0.25) is 0 Å². The Labute approximate surface area is 129 Å². The van der Waals surface area contributed by atoms with Crippen molar-refractivity contribution in [3.63, 3.8) is 0 Å². The Balaban J connectivity index is 2.41. The third kappa shape index (κ3) is 3.47. The molecular weight excluding hydrogens is 342 g/mol. The molecule has 0 bridgehead atoms. The lowest BCUT2D eigenvalue weighted by molar-refractivity contribution is 0.581. The van der Waals surface area contributed by atoms with Gasteiger partial charge in [-0.3, -0.25) is 0 Å². The predicted molar refractivity (Wildman–Crippen MR) is 82.5 cm³/mol. The Morgan fingerprint density at radius 1 is 1.24 bits per heavy atom. The second kappa shape index (κ2) is 6.34. The van der Waals surface area contributed by atoms with Gasteiger partial charge in [-0.05, 0) is 35.3 Å². The number of benzene rings is 1. The number of aryl methyl sites for hydroxylation is 1. The van der Waals surface area contributed by atoms with E-state index in [1.807, 2.05) is 6.92 Å². The van der Waals surface area contributed by atoms with E-state index in [4.69, 9.17) is 5.73 Å². The normalized spacial score (nSPS) is 10.7. The molecule has 1 heterocycles. The molecule has 0 aliphatic heterocycles. The van der Waals surface area contributed by atoms with Crippen molar-refractivity contribution in [2.75, 3.05) is 11.1 Å². The van der Waals surface area contributed by atoms with Gasteiger partial charge in [-0.25, -0.2) is 18.7 Å². The lowest BCUT2D eigenvalue weighted by Crippen LogP contribution is -2.08. The topological polar surface area (TPSA) is 63.8 Å². The SMILES string of the molecule is CCCc1nc(N)c(C)c(Nc2cc(Br)c(F)cc2F)n1. The molecule has 0 spiro atoms. The van der Waals surface area contributed by atoms with Crippen LogP contribution < -0.4 is 11.1 Å². The Kier molecular flexibility index (Phi) is 4.72. The summed E-state index contributed by atoms with van der Waals surface area (Å²) in [5.74, 6) is -0.0152. The lowest BCUT2D eigenvalue weighted by Gasteiger charge is -2.13. The number of nitrogens with two attached hydrogens (primary N) is 1. The second-order valence-electron chi connectivity index (χ2n) is 4.62. The van der Waals surface area contributed by atoms with E-state index in [-0.39, 0.29) is 10.2 Å². The van der Waals surface area contributed by atoms with E-state index in [0.29, 0.717) is 29.4 Å². The molecule has 2 aromatic rings. The van der Waals surface area contributed by atoms with Crippen molar-refractivity contribution in [1.29, 1.82) is 0 Å². The molecule has 0 radical (unpaired) electrons. The quantitative estimate of drug-likeness (QED) is 0.809. The summed E-state index contributed by atoms with van der Waals surface area (Å²) >= 11 is 3.03. The number of nitrogens with one attached hydrogen (secondary N) is 1. The molecule has 0 aliphatic rings. The predicted octanol–water partition coefficient (Wildman–Crippen LogP) is 4.10. The molecule has 21 heavy (non-hydrogen) atoms. The molecule has 4 nitrogen and oxygen atoms in total. The van der Waals surface area contributed by atoms with E-state index in [2.05, 4.69) is 31.2 Å². The van der Waals surface area contributed by atoms with E-state index < -0.39 is 11.6 Å². The summed E-state index contributed by atoms with van der Waals surface area (Å²) in [6.07, 6.45) is 1.55. The number of nitrogens with zero attached hydrogens (tertiary/aromatic N) is 2. The van der Waals surface area contributed by atoms with Gasteiger partial charge >= 0.3 is 0 Å². The number of nitrogen functional groups attached to an aromatic ring is 1. The van der Waals surface area contributed by atoms with Crippen molar-refractivity contribution in [1.82, 2.24) is 9.97 Å². The number of hydrogen-bond acceptors (Lipinski definition) is 4. The maximum Gasteiger partial charge on any atom is 0.149 e. The number of anilines is 3. The molecule has 112 valence electrons. The van der Waals surface area contributed by atoms with Crippen LogP contribution in [0.2, 0.25) is 0 Å². The van der Waals surface area contributed by atoms with Crippen molar-refractivity contribution in [2.24, 2.45) is 0 Å². The van der Waals surface area contributed by atoms with Gasteiger partial charge in [0, 0.05) is 18.1 Å². The summed E-state index contributed by atoms with van der Waals surface area (Å²) in [7, 11) is 0. The summed E-state index contributed by atoms with van der Waals surface area (Å²) in [5, 5.41) is 2.85. The first-order valence-corrected chi connectivity index (χ1v) is 7.26. The van der Waals surface area contributed by atoms with E-state index in [9.17, 15) is 8.78 Å². The standard InChI is InChI=1S/C14H15BrF2N4/c1-3-4-12-20-13(18)7(2)14(21-12)19-11-5-8(15)9(16)6-10(11)17/h5-6H,3-4H2,1-2H3,(H3,18,19,20,21). The van der Waals surface area contributed by atoms with Crippen LogP contribution in [-0.4, -0.2) is 9.97 Å². The molecule has 0 saturated carbocycles. The first kappa shape index (κ1) is 15.6. The molecule has 0 saturated heterocycles. The number of rotatable bonds is 4. The van der Waals surface area contributed by atoms with E-state index in [1.54, 1.807) is 6.92 Å². The van der Waals surface area contributed by atoms with Gasteiger partial charge in [-0.1, -0.05) is 6.92 Å². The van der Waals surface area contributed by atoms with Crippen LogP contribution in [-0.2, 0) is 6.42 Å². The van der Waals surface area contributed by atoms with Crippen molar-refractivity contribution >= 4 is 33.3 Å². The van der Waals surface area contributed by atoms with Crippen LogP contribution in [0.4, 0.5) is 26.1 Å². The Morgan fingerprint density at radius 2 is 1.95 bits per heavy atom. The monoisotopic (exact) mass is 356 g/mol. The summed E-state index contributed by atoms with van der Waals surface area (Å²) in [6.45, 7) is 3.74. The molecule has 7 heteroatoms. The summed E-state index contributed by atoms with van der Waals surface area (Å²) in [4.78, 5) is 8.52. The highest BCUT2D eigenvalue weighted by Crippen LogP contribution is 2.28. The molecule has 0 atom stereocenters. The molecule has 0 amide bonds. The van der Waals surface area contributed by atoms with Gasteiger partial charge in [0.15, 0.2) is 0 Å². The zero-order valence-corrected chi connectivity index (χ0v) is 13.3. The van der Waals surface area contributed by atoms with Crippen molar-refractivity contribution in [3.8, 4) is 0 Å². The number of hydrogen-bond donors (Lipinski definition) is 2. The fourth-order valence-corrected chi connectivity index (χ4v) is 2.13. The van der Waals surface area contributed by atoms with Crippen LogP contribution in [0.5, 0.6) is 0 Å². The van der Waals surface area contributed by atoms with Crippen LogP contribution in [0, 0.1) is 18.6 Å². The molecule has 3 N–H and O–H groups in total. The average molecular weight is 357 g/mol. The second-order valence-corrected chi connectivity index (χ2v) is 5.47. The number of halogens is 3. The van der Waals surface area contributed by atoms with Crippen LogP contribution in [0.25, 0.3) is 0 Å². The Bertz CT molecular complexity index is 677. The van der Waals surface area contributed by atoms with Gasteiger partial charge in [-0.15, -0.1) is 0 Å². The van der Waals surface area contributed by atoms with E-state index in [1.165, 1.54) is 6.07 Å². The smallest absolute Gasteiger partial charge is 0.149 e. The van der Waals surface area contributed by atoms with E-state index >= 15 is 0 Å². The highest BCUT2D eigenvalue weighted by atomic mass is 79.9. The van der Waals surface area contributed by atoms with Gasteiger partial charge in [-0.2, -0.15) is 0 Å². The molecule has 0 unspecified atom stereocenters. The maximum atomic E-state index is 13.8. The molecular formula is C14H15BrF2N4. The Hall–Kier alpha value is -1.76. The highest BCUT2D eigenvalue weighted by molar-refractivity contribution is 9.10. The minimum atomic E-state index is -0.704. The van der Waals surface area contributed by atoms with Crippen LogP contribution in [0.15, 0.2) is 16.6 Å². The fourth-order valence-electron chi connectivity index (χ4n) is 1.79. The van der Waals surface area contributed by atoms with Crippen molar-refractivity contribution < 1.29 is 8.78 Å². The van der Waals surface area contributed by atoms with Crippen LogP contribution in [0.3, 0.4) is 0 Å². The summed E-state index contributed by atoms with van der Waals surface area (Å²) in [5.41, 5.74) is 6.58. The molecule has 1 aromatic carbocycles. The van der Waals surface area contributed by atoms with Gasteiger partial charge in [0.05, 0.1) is 10.2 Å². The van der Waals surface area contributed by atoms with Crippen LogP contribution >= 0.6 is 15.9 Å². The maximum absolute atomic E-state index is 13.8. The minimum Gasteiger partial charge on any atom is -0.383 e. The first-order chi connectivity index (χ1) is 9.92. The first-order valence-electron chi connectivity index (χ1n) is 6.47. The van der Waals surface area contributed by atoms with Crippen molar-refractivity contribution in [2.45, 2.75) is 26.7 Å². The zero-order valence-electron chi connectivity index (χ0n) is 11.7. The summed E-state index contributed by atoms with van der Waals surface area (Å²) < 4.78 is 27.2. The molecule has 2 rings (SSSR count). The zero-order chi connectivity index (χ0) is 15.6. The van der Waals surface area contributed by atoms with Crippen LogP contribution in [0.1, 0.15) is 24.7 Å². The fraction of sp³-hybridized carbons (Fsp3) is 0.286. The molecule has 0 aliphatic carbocycles. The minimum absolute atomic E-state index is 0.118. The Morgan fingerprint density at radius 3 is 2.62 bits per heavy atom. The number of aromatic nitrogens is 2. The average Bonchev–Trinajstić information content (AvgIpc) is 2.42. The molecule has 1 aromatic heterocycles. The highest BCUT2D eigenvalue weighted by Gasteiger charge is 2.13. The van der Waals surface area contributed by atoms with Gasteiger partial charge in [0.1, 0.15) is 29.1 Å². The van der Waals surface area contributed by atoms with Gasteiger partial charge in [0.25, 0.3) is 0 Å². The summed E-state index contributed by atoms with van der Waals surface area (Å²) in [6, 6.07) is 2.13. The van der Waals surface area contributed by atoms with Gasteiger partial charge < -0.3 is 11.1 Å². The molecule has 0 fully saturated rings. The largest absolute Gasteiger partial charge is 0.383 e. The van der Waals surface area contributed by atoms with E-state index in [0.717, 1.165) is 12.5 Å². The van der Waals surface area contributed by atoms with Crippen molar-refractivity contribution in [3.05, 3.63) is 39.6 Å². The third-order valence-corrected chi connectivity index (χ3v) is 3.57. The lowest BCUT2D eigenvalue weighted by atomic mass is 10.2.